The van der Waals surface area contributed by atoms with Crippen molar-refractivity contribution in [3.8, 4) is 11.8 Å². The van der Waals surface area contributed by atoms with Gasteiger partial charge in [-0.3, -0.25) is 0 Å². The van der Waals surface area contributed by atoms with E-state index in [2.05, 4.69) is 40.1 Å². The fourth-order valence-corrected chi connectivity index (χ4v) is 3.81. The fraction of sp³-hybridized carbons (Fsp3) is 0.529. The molecule has 0 amide bonds. The third-order valence-electron chi connectivity index (χ3n) is 4.92. The Labute approximate surface area is 120 Å². The standard InChI is InChI=1S/C17H20N2O/c1-2-3-14-12-20-17-11-19(9-6-15(14)17)16-10-18-7-4-13(16)5-8-18/h6,9,11,13,16H,4-5,7-8,10,12H2,1H3/t16-/m0/s1. The Balaban J connectivity index is 1.59. The molecule has 0 saturated carbocycles. The van der Waals surface area contributed by atoms with Gasteiger partial charge < -0.3 is 14.5 Å². The van der Waals surface area contributed by atoms with Gasteiger partial charge in [0.1, 0.15) is 12.4 Å². The summed E-state index contributed by atoms with van der Waals surface area (Å²) in [5.74, 6) is 7.96. The van der Waals surface area contributed by atoms with Crippen LogP contribution in [0.2, 0.25) is 0 Å². The third kappa shape index (κ3) is 1.87. The number of ether oxygens (including phenoxy) is 1. The highest BCUT2D eigenvalue weighted by Crippen LogP contribution is 2.35. The van der Waals surface area contributed by atoms with Crippen molar-refractivity contribution in [2.75, 3.05) is 26.2 Å². The molecule has 1 atom stereocenters. The second-order valence-electron chi connectivity index (χ2n) is 6.02. The van der Waals surface area contributed by atoms with Crippen molar-refractivity contribution in [3.05, 3.63) is 35.4 Å². The van der Waals surface area contributed by atoms with Gasteiger partial charge in [-0.05, 0) is 44.8 Å². The van der Waals surface area contributed by atoms with Gasteiger partial charge in [0.2, 0.25) is 0 Å². The number of allylic oxidation sites excluding steroid dienone is 1. The lowest BCUT2D eigenvalue weighted by Crippen LogP contribution is -2.55. The summed E-state index contributed by atoms with van der Waals surface area (Å²) in [4.78, 5) is 4.96. The molecule has 3 nitrogen and oxygen atoms in total. The Hall–Kier alpha value is -1.66. The maximum atomic E-state index is 5.80. The summed E-state index contributed by atoms with van der Waals surface area (Å²) < 4.78 is 5.80. The Morgan fingerprint density at radius 2 is 2.15 bits per heavy atom. The minimum atomic E-state index is 0.618. The Morgan fingerprint density at radius 1 is 1.30 bits per heavy atom. The molecule has 5 heterocycles. The summed E-state index contributed by atoms with van der Waals surface area (Å²) in [5, 5.41) is 0. The van der Waals surface area contributed by atoms with Gasteiger partial charge in [0.05, 0.1) is 5.57 Å². The minimum absolute atomic E-state index is 0.618. The zero-order valence-electron chi connectivity index (χ0n) is 11.9. The molecule has 3 saturated heterocycles. The van der Waals surface area contributed by atoms with E-state index >= 15 is 0 Å². The van der Waals surface area contributed by atoms with Gasteiger partial charge in [-0.1, -0.05) is 5.92 Å². The van der Waals surface area contributed by atoms with Crippen LogP contribution < -0.4 is 0 Å². The van der Waals surface area contributed by atoms with Gasteiger partial charge in [-0.15, -0.1) is 5.92 Å². The van der Waals surface area contributed by atoms with Crippen LogP contribution >= 0.6 is 0 Å². The zero-order valence-corrected chi connectivity index (χ0v) is 11.9. The SMILES string of the molecule is CC#CC1=C2C=CN([C@H]3CN4CCC3CC4)C=C2OC1. The fourth-order valence-electron chi connectivity index (χ4n) is 3.81. The average molecular weight is 268 g/mol. The molecule has 0 aromatic heterocycles. The van der Waals surface area contributed by atoms with Crippen LogP contribution in [0.25, 0.3) is 0 Å². The van der Waals surface area contributed by atoms with E-state index in [1.54, 1.807) is 0 Å². The normalized spacial score (nSPS) is 34.4. The molecular formula is C17H20N2O. The Bertz CT molecular complexity index is 568. The van der Waals surface area contributed by atoms with E-state index in [1.165, 1.54) is 38.0 Å². The first-order chi connectivity index (χ1) is 9.85. The monoisotopic (exact) mass is 268 g/mol. The molecule has 0 radical (unpaired) electrons. The highest BCUT2D eigenvalue weighted by atomic mass is 16.5. The van der Waals surface area contributed by atoms with Gasteiger partial charge in [0.25, 0.3) is 0 Å². The lowest BCUT2D eigenvalue weighted by Gasteiger charge is -2.48. The largest absolute Gasteiger partial charge is 0.486 e. The van der Waals surface area contributed by atoms with Crippen molar-refractivity contribution in [3.63, 3.8) is 0 Å². The molecule has 5 rings (SSSR count). The topological polar surface area (TPSA) is 15.7 Å². The van der Waals surface area contributed by atoms with Gasteiger partial charge in [0.15, 0.2) is 0 Å². The lowest BCUT2D eigenvalue weighted by molar-refractivity contribution is 0.0399. The molecule has 104 valence electrons. The third-order valence-corrected chi connectivity index (χ3v) is 4.92. The Kier molecular flexibility index (Phi) is 2.85. The first kappa shape index (κ1) is 12.1. The first-order valence-electron chi connectivity index (χ1n) is 7.54. The van der Waals surface area contributed by atoms with Crippen molar-refractivity contribution >= 4 is 0 Å². The second kappa shape index (κ2) is 4.71. The Morgan fingerprint density at radius 3 is 2.85 bits per heavy atom. The number of hydrogen-bond acceptors (Lipinski definition) is 3. The van der Waals surface area contributed by atoms with Crippen LogP contribution in [-0.4, -0.2) is 42.1 Å². The van der Waals surface area contributed by atoms with Crippen LogP contribution in [-0.2, 0) is 4.74 Å². The van der Waals surface area contributed by atoms with Crippen LogP contribution in [0.1, 0.15) is 19.8 Å². The molecule has 0 N–H and O–H groups in total. The van der Waals surface area contributed by atoms with Gasteiger partial charge in [-0.2, -0.15) is 0 Å². The molecule has 5 aliphatic rings. The van der Waals surface area contributed by atoms with Gasteiger partial charge in [-0.25, -0.2) is 0 Å². The lowest BCUT2D eigenvalue weighted by atomic mass is 9.83. The summed E-state index contributed by atoms with van der Waals surface area (Å²) in [6.45, 7) is 6.27. The summed E-state index contributed by atoms with van der Waals surface area (Å²) in [6.07, 6.45) is 9.27. The quantitative estimate of drug-likeness (QED) is 0.677. The zero-order chi connectivity index (χ0) is 13.5. The highest BCUT2D eigenvalue weighted by molar-refractivity contribution is 5.52. The minimum Gasteiger partial charge on any atom is -0.486 e. The molecule has 20 heavy (non-hydrogen) atoms. The summed E-state index contributed by atoms with van der Waals surface area (Å²) in [6, 6.07) is 0.618. The molecular weight excluding hydrogens is 248 g/mol. The van der Waals surface area contributed by atoms with Crippen LogP contribution in [0.3, 0.4) is 0 Å². The molecule has 5 aliphatic heterocycles. The molecule has 3 heteroatoms. The molecule has 0 spiro atoms. The molecule has 2 bridgehead atoms. The molecule has 0 aromatic rings. The summed E-state index contributed by atoms with van der Waals surface area (Å²) in [7, 11) is 0. The van der Waals surface area contributed by atoms with Crippen LogP contribution in [0.5, 0.6) is 0 Å². The number of fused-ring (bicyclic) bond motifs is 4. The molecule has 0 unspecified atom stereocenters. The number of nitrogens with zero attached hydrogens (tertiary/aromatic N) is 2. The van der Waals surface area contributed by atoms with E-state index in [0.717, 1.165) is 17.3 Å². The van der Waals surface area contributed by atoms with E-state index in [0.29, 0.717) is 12.6 Å². The van der Waals surface area contributed by atoms with E-state index in [9.17, 15) is 0 Å². The van der Waals surface area contributed by atoms with Gasteiger partial charge in [0, 0.05) is 30.6 Å². The molecule has 0 aromatic carbocycles. The van der Waals surface area contributed by atoms with Gasteiger partial charge >= 0.3 is 0 Å². The van der Waals surface area contributed by atoms with Crippen LogP contribution in [0.15, 0.2) is 35.4 Å². The number of piperidine rings is 3. The van der Waals surface area contributed by atoms with Crippen molar-refractivity contribution in [1.82, 2.24) is 9.80 Å². The summed E-state index contributed by atoms with van der Waals surface area (Å²) >= 11 is 0. The highest BCUT2D eigenvalue weighted by Gasteiger charge is 2.37. The van der Waals surface area contributed by atoms with Crippen molar-refractivity contribution in [2.45, 2.75) is 25.8 Å². The number of hydrogen-bond donors (Lipinski definition) is 0. The van der Waals surface area contributed by atoms with Crippen molar-refractivity contribution in [1.29, 1.82) is 0 Å². The van der Waals surface area contributed by atoms with E-state index in [1.807, 2.05) is 6.92 Å². The predicted octanol–water partition coefficient (Wildman–Crippen LogP) is 2.10. The first-order valence-corrected chi connectivity index (χ1v) is 7.54. The number of rotatable bonds is 1. The van der Waals surface area contributed by atoms with E-state index < -0.39 is 0 Å². The average Bonchev–Trinajstić information content (AvgIpc) is 2.91. The van der Waals surface area contributed by atoms with Crippen molar-refractivity contribution < 1.29 is 4.74 Å². The smallest absolute Gasteiger partial charge is 0.144 e. The molecule has 0 aliphatic carbocycles. The predicted molar refractivity (Wildman–Crippen MR) is 78.4 cm³/mol. The molecule has 3 fully saturated rings. The van der Waals surface area contributed by atoms with Crippen LogP contribution in [0.4, 0.5) is 0 Å². The maximum Gasteiger partial charge on any atom is 0.144 e. The second-order valence-corrected chi connectivity index (χ2v) is 6.02. The van der Waals surface area contributed by atoms with Crippen molar-refractivity contribution in [2.24, 2.45) is 5.92 Å². The van der Waals surface area contributed by atoms with E-state index in [4.69, 9.17) is 4.74 Å². The summed E-state index contributed by atoms with van der Waals surface area (Å²) in [5.41, 5.74) is 2.29. The van der Waals surface area contributed by atoms with E-state index in [-0.39, 0.29) is 0 Å². The maximum absolute atomic E-state index is 5.80. The van der Waals surface area contributed by atoms with Crippen LogP contribution in [0, 0.1) is 17.8 Å².